The fourth-order valence-electron chi connectivity index (χ4n) is 5.80. The van der Waals surface area contributed by atoms with E-state index >= 15 is 0 Å². The molecule has 3 heterocycles. The summed E-state index contributed by atoms with van der Waals surface area (Å²) in [5.41, 5.74) is 3.01. The number of hydrogen-bond donors (Lipinski definition) is 2. The van der Waals surface area contributed by atoms with Crippen molar-refractivity contribution < 1.29 is 14.3 Å². The van der Waals surface area contributed by atoms with Crippen LogP contribution in [0.5, 0.6) is 5.88 Å². The number of carbonyl (C=O) groups is 1. The third-order valence-electron chi connectivity index (χ3n) is 7.78. The molecule has 2 aromatic heterocycles. The zero-order valence-electron chi connectivity index (χ0n) is 25.8. The molecule has 0 atom stereocenters. The smallest absolute Gasteiger partial charge is 0.410 e. The Morgan fingerprint density at radius 3 is 2.31 bits per heavy atom. The molecule has 2 N–H and O–H groups in total. The van der Waals surface area contributed by atoms with Crippen LogP contribution in [0.25, 0.3) is 10.2 Å². The minimum Gasteiger partial charge on any atom is -0.474 e. The lowest BCUT2D eigenvalue weighted by molar-refractivity contribution is 0.0240. The molecule has 2 aliphatic carbocycles. The molecule has 1 amide bonds. The van der Waals surface area contributed by atoms with Crippen molar-refractivity contribution in [1.82, 2.24) is 20.2 Å². The highest BCUT2D eigenvalue weighted by Gasteiger charge is 2.27. The van der Waals surface area contributed by atoms with Crippen molar-refractivity contribution in [3.8, 4) is 5.88 Å². The Morgan fingerprint density at radius 2 is 1.64 bits per heavy atom. The maximum absolute atomic E-state index is 12.4. The van der Waals surface area contributed by atoms with E-state index in [4.69, 9.17) is 19.4 Å². The van der Waals surface area contributed by atoms with E-state index in [1.165, 1.54) is 36.1 Å². The minimum atomic E-state index is -0.475. The molecule has 1 aliphatic heterocycles. The first-order valence-corrected chi connectivity index (χ1v) is 16.2. The van der Waals surface area contributed by atoms with Crippen molar-refractivity contribution in [2.24, 2.45) is 0 Å². The number of rotatable bonds is 5. The summed E-state index contributed by atoms with van der Waals surface area (Å²) in [4.78, 5) is 28.8. The van der Waals surface area contributed by atoms with E-state index in [0.29, 0.717) is 19.0 Å². The highest BCUT2D eigenvalue weighted by molar-refractivity contribution is 7.19. The van der Waals surface area contributed by atoms with Crippen LogP contribution in [0.3, 0.4) is 0 Å². The van der Waals surface area contributed by atoms with Gasteiger partial charge in [-0.2, -0.15) is 4.98 Å². The number of nitrogens with zero attached hydrogens (tertiary/aromatic N) is 4. The molecule has 9 nitrogen and oxygen atoms in total. The fourth-order valence-corrected chi connectivity index (χ4v) is 7.05. The first kappa shape index (κ1) is 30.4. The molecule has 0 spiro atoms. The summed E-state index contributed by atoms with van der Waals surface area (Å²) in [6.07, 6.45) is 9.43. The van der Waals surface area contributed by atoms with Gasteiger partial charge >= 0.3 is 6.09 Å². The molecule has 2 fully saturated rings. The standard InChI is InChI=1S/C30H39N5O3S.C2H7N/c1-30(2,3)38-29(36)35-18-16-34(17-19-35)21-14-12-20(13-15-21)31-28-32-26(37-22-8-5-4-6-9-22)25-23-10-7-11-24(23)39-27(25)33-28;1-3-2/h12-15,22H,4-11,16-19H2,1-3H3,(H,31,32,33);3H,1-2H3. The third kappa shape index (κ3) is 7.45. The number of thiophene rings is 1. The number of fused-ring (bicyclic) bond motifs is 3. The summed E-state index contributed by atoms with van der Waals surface area (Å²) < 4.78 is 12.1. The van der Waals surface area contributed by atoms with Crippen molar-refractivity contribution in [3.63, 3.8) is 0 Å². The van der Waals surface area contributed by atoms with Crippen LogP contribution < -0.4 is 20.3 Å². The van der Waals surface area contributed by atoms with E-state index < -0.39 is 5.60 Å². The largest absolute Gasteiger partial charge is 0.474 e. The number of ether oxygens (including phenoxy) is 2. The predicted molar refractivity (Wildman–Crippen MR) is 172 cm³/mol. The number of carbonyl (C=O) groups excluding carboxylic acids is 1. The van der Waals surface area contributed by atoms with Crippen LogP contribution >= 0.6 is 11.3 Å². The van der Waals surface area contributed by atoms with Gasteiger partial charge in [0.15, 0.2) is 0 Å². The normalized spacial score (nSPS) is 17.5. The summed E-state index contributed by atoms with van der Waals surface area (Å²) in [6.45, 7) is 8.55. The van der Waals surface area contributed by atoms with Crippen LogP contribution in [0.2, 0.25) is 0 Å². The van der Waals surface area contributed by atoms with Crippen molar-refractivity contribution >= 4 is 45.0 Å². The maximum Gasteiger partial charge on any atom is 0.410 e. The molecule has 6 rings (SSSR count). The van der Waals surface area contributed by atoms with Crippen molar-refractivity contribution in [1.29, 1.82) is 0 Å². The highest BCUT2D eigenvalue weighted by atomic mass is 32.1. The SMILES string of the molecule is CC(C)(C)OC(=O)N1CCN(c2ccc(Nc3nc(OC4CCCCC4)c4c5c(sc4n3)CCC5)cc2)CC1.CNC. The number of aryl methyl sites for hydroxylation is 2. The molecule has 1 saturated carbocycles. The topological polar surface area (TPSA) is 91.9 Å². The van der Waals surface area contributed by atoms with Gasteiger partial charge in [0.25, 0.3) is 0 Å². The molecule has 228 valence electrons. The Bertz CT molecular complexity index is 1340. The van der Waals surface area contributed by atoms with Gasteiger partial charge < -0.3 is 29.9 Å². The van der Waals surface area contributed by atoms with E-state index in [1.807, 2.05) is 34.9 Å². The van der Waals surface area contributed by atoms with Gasteiger partial charge in [-0.15, -0.1) is 11.3 Å². The summed E-state index contributed by atoms with van der Waals surface area (Å²) >= 11 is 1.80. The number of amides is 1. The van der Waals surface area contributed by atoms with E-state index in [0.717, 1.165) is 66.2 Å². The van der Waals surface area contributed by atoms with Crippen molar-refractivity contribution in [3.05, 3.63) is 34.7 Å². The van der Waals surface area contributed by atoms with Gasteiger partial charge in [0.2, 0.25) is 11.8 Å². The van der Waals surface area contributed by atoms with Gasteiger partial charge in [0.1, 0.15) is 16.5 Å². The lowest BCUT2D eigenvalue weighted by atomic mass is 9.98. The van der Waals surface area contributed by atoms with Crippen LogP contribution in [0, 0.1) is 0 Å². The van der Waals surface area contributed by atoms with E-state index in [2.05, 4.69) is 39.8 Å². The molecule has 3 aliphatic rings. The Labute approximate surface area is 254 Å². The third-order valence-corrected chi connectivity index (χ3v) is 8.97. The van der Waals surface area contributed by atoms with E-state index in [-0.39, 0.29) is 12.2 Å². The van der Waals surface area contributed by atoms with Gasteiger partial charge in [-0.25, -0.2) is 9.78 Å². The van der Waals surface area contributed by atoms with Gasteiger partial charge in [0, 0.05) is 42.4 Å². The van der Waals surface area contributed by atoms with Gasteiger partial charge in [0.05, 0.1) is 5.39 Å². The molecular formula is C32H46N6O3S. The Morgan fingerprint density at radius 1 is 0.952 bits per heavy atom. The van der Waals surface area contributed by atoms with E-state index in [9.17, 15) is 4.79 Å². The Hall–Kier alpha value is -3.11. The summed E-state index contributed by atoms with van der Waals surface area (Å²) in [6, 6.07) is 8.37. The average molecular weight is 595 g/mol. The fraction of sp³-hybridized carbons (Fsp3) is 0.594. The molecular weight excluding hydrogens is 548 g/mol. The van der Waals surface area contributed by atoms with Crippen LogP contribution in [0.4, 0.5) is 22.1 Å². The molecule has 42 heavy (non-hydrogen) atoms. The first-order chi connectivity index (χ1) is 20.2. The lowest BCUT2D eigenvalue weighted by Crippen LogP contribution is -2.50. The number of benzene rings is 1. The van der Waals surface area contributed by atoms with E-state index in [1.54, 1.807) is 16.2 Å². The molecule has 1 aromatic carbocycles. The molecule has 0 radical (unpaired) electrons. The number of anilines is 3. The molecule has 0 bridgehead atoms. The molecule has 1 saturated heterocycles. The predicted octanol–water partition coefficient (Wildman–Crippen LogP) is 6.53. The molecule has 0 unspecified atom stereocenters. The first-order valence-electron chi connectivity index (χ1n) is 15.4. The average Bonchev–Trinajstić information content (AvgIpc) is 3.55. The number of piperazine rings is 1. The van der Waals surface area contributed by atoms with Crippen molar-refractivity contribution in [2.45, 2.75) is 83.8 Å². The second kappa shape index (κ2) is 13.5. The van der Waals surface area contributed by atoms with Gasteiger partial charge in [-0.3, -0.25) is 0 Å². The van der Waals surface area contributed by atoms with Crippen LogP contribution in [-0.4, -0.2) is 72.9 Å². The number of aromatic nitrogens is 2. The molecule has 10 heteroatoms. The van der Waals surface area contributed by atoms with Crippen LogP contribution in [-0.2, 0) is 17.6 Å². The second-order valence-electron chi connectivity index (χ2n) is 12.4. The number of nitrogens with one attached hydrogen (secondary N) is 2. The van der Waals surface area contributed by atoms with Crippen LogP contribution in [0.1, 0.15) is 69.7 Å². The highest BCUT2D eigenvalue weighted by Crippen LogP contribution is 2.42. The monoisotopic (exact) mass is 594 g/mol. The number of hydrogen-bond acceptors (Lipinski definition) is 9. The van der Waals surface area contributed by atoms with Crippen LogP contribution in [0.15, 0.2) is 24.3 Å². The summed E-state index contributed by atoms with van der Waals surface area (Å²) in [5, 5.41) is 7.32. The van der Waals surface area contributed by atoms with Crippen molar-refractivity contribution in [2.75, 3.05) is 50.5 Å². The summed E-state index contributed by atoms with van der Waals surface area (Å²) in [7, 11) is 3.75. The Balaban J connectivity index is 0.00000113. The zero-order chi connectivity index (χ0) is 29.7. The maximum atomic E-state index is 12.4. The second-order valence-corrected chi connectivity index (χ2v) is 13.5. The van der Waals surface area contributed by atoms with Gasteiger partial charge in [-0.1, -0.05) is 6.42 Å². The Kier molecular flexibility index (Phi) is 9.73. The quantitative estimate of drug-likeness (QED) is 0.345. The summed E-state index contributed by atoms with van der Waals surface area (Å²) in [5.74, 6) is 1.35. The van der Waals surface area contributed by atoms with Gasteiger partial charge in [-0.05, 0) is 110 Å². The molecule has 3 aromatic rings. The minimum absolute atomic E-state index is 0.235. The lowest BCUT2D eigenvalue weighted by Gasteiger charge is -2.36. The zero-order valence-corrected chi connectivity index (χ0v) is 26.6.